The average Bonchev–Trinajstić information content (AvgIpc) is 2.38. The smallest absolute Gasteiger partial charge is 0.129 e. The number of carbonyl (C=O) groups excluding carboxylic acids is 1. The van der Waals surface area contributed by atoms with Crippen molar-refractivity contribution >= 4 is 16.7 Å². The molecule has 0 saturated heterocycles. The van der Waals surface area contributed by atoms with Crippen LogP contribution < -0.4 is 4.74 Å². The van der Waals surface area contributed by atoms with E-state index < -0.39 is 0 Å². The maximum Gasteiger partial charge on any atom is 0.129 e. The van der Waals surface area contributed by atoms with Gasteiger partial charge < -0.3 is 9.53 Å². The summed E-state index contributed by atoms with van der Waals surface area (Å²) in [5.41, 5.74) is 2.15. The van der Waals surface area contributed by atoms with Crippen molar-refractivity contribution in [1.29, 1.82) is 0 Å². The van der Waals surface area contributed by atoms with E-state index in [2.05, 4.69) is 4.98 Å². The van der Waals surface area contributed by atoms with Crippen LogP contribution in [0.1, 0.15) is 25.3 Å². The summed E-state index contributed by atoms with van der Waals surface area (Å²) in [7, 11) is 1.66. The van der Waals surface area contributed by atoms with E-state index in [0.29, 0.717) is 6.42 Å². The number of hydrogen-bond acceptors (Lipinski definition) is 3. The molecular formula is C15H17NO2. The molecule has 0 unspecified atom stereocenters. The summed E-state index contributed by atoms with van der Waals surface area (Å²) in [6.45, 7) is 1.63. The molecule has 3 nitrogen and oxygen atoms in total. The number of methoxy groups -OCH3 is 1. The molecule has 1 heterocycles. The lowest BCUT2D eigenvalue weighted by atomic mass is 10.0. The Labute approximate surface area is 107 Å². The van der Waals surface area contributed by atoms with Crippen molar-refractivity contribution in [3.05, 3.63) is 36.0 Å². The number of aryl methyl sites for hydroxylation is 1. The van der Waals surface area contributed by atoms with E-state index >= 15 is 0 Å². The van der Waals surface area contributed by atoms with Gasteiger partial charge in [-0.2, -0.15) is 0 Å². The second-order valence-electron chi connectivity index (χ2n) is 4.38. The third-order valence-corrected chi connectivity index (χ3v) is 3.01. The fraction of sp³-hybridized carbons (Fsp3) is 0.333. The predicted molar refractivity (Wildman–Crippen MR) is 71.9 cm³/mol. The van der Waals surface area contributed by atoms with Crippen molar-refractivity contribution in [2.24, 2.45) is 0 Å². The molecule has 0 radical (unpaired) electrons. The van der Waals surface area contributed by atoms with Crippen LogP contribution in [0.15, 0.2) is 30.5 Å². The van der Waals surface area contributed by atoms with E-state index in [0.717, 1.165) is 29.5 Å². The fourth-order valence-electron chi connectivity index (χ4n) is 2.11. The Kier molecular flexibility index (Phi) is 3.92. The lowest BCUT2D eigenvalue weighted by molar-refractivity contribution is -0.117. The monoisotopic (exact) mass is 243 g/mol. The molecule has 0 spiro atoms. The molecule has 1 aromatic heterocycles. The maximum atomic E-state index is 11.0. The zero-order chi connectivity index (χ0) is 13.0. The standard InChI is InChI=1S/C15H17NO2/c1-11(17)5-3-6-12-8-9-14(18-2)13-7-4-10-16-15(12)13/h4,7-10H,3,5-6H2,1-2H3. The van der Waals surface area contributed by atoms with E-state index in [1.165, 1.54) is 5.56 Å². The third-order valence-electron chi connectivity index (χ3n) is 3.01. The molecule has 3 heteroatoms. The van der Waals surface area contributed by atoms with Gasteiger partial charge in [0, 0.05) is 18.0 Å². The van der Waals surface area contributed by atoms with E-state index in [9.17, 15) is 4.79 Å². The summed E-state index contributed by atoms with van der Waals surface area (Å²) < 4.78 is 5.33. The van der Waals surface area contributed by atoms with Crippen molar-refractivity contribution in [3.8, 4) is 5.75 Å². The van der Waals surface area contributed by atoms with Gasteiger partial charge in [0.2, 0.25) is 0 Å². The van der Waals surface area contributed by atoms with Crippen LogP contribution in [0, 0.1) is 0 Å². The minimum absolute atomic E-state index is 0.237. The van der Waals surface area contributed by atoms with E-state index in [1.54, 1.807) is 20.2 Å². The Morgan fingerprint density at radius 2 is 2.17 bits per heavy atom. The quantitative estimate of drug-likeness (QED) is 0.809. The van der Waals surface area contributed by atoms with Crippen LogP contribution in [0.2, 0.25) is 0 Å². The van der Waals surface area contributed by atoms with Crippen LogP contribution in [-0.2, 0) is 11.2 Å². The number of ketones is 1. The number of pyridine rings is 1. The number of carbonyl (C=O) groups is 1. The van der Waals surface area contributed by atoms with Gasteiger partial charge in [-0.25, -0.2) is 0 Å². The number of aromatic nitrogens is 1. The minimum atomic E-state index is 0.237. The van der Waals surface area contributed by atoms with Gasteiger partial charge in [-0.15, -0.1) is 0 Å². The molecule has 18 heavy (non-hydrogen) atoms. The summed E-state index contributed by atoms with van der Waals surface area (Å²) in [6, 6.07) is 7.92. The predicted octanol–water partition coefficient (Wildman–Crippen LogP) is 3.16. The van der Waals surface area contributed by atoms with E-state index in [-0.39, 0.29) is 5.78 Å². The molecule has 94 valence electrons. The number of ether oxygens (including phenoxy) is 1. The molecule has 0 amide bonds. The largest absolute Gasteiger partial charge is 0.496 e. The summed E-state index contributed by atoms with van der Waals surface area (Å²) in [5, 5.41) is 1.03. The van der Waals surface area contributed by atoms with Gasteiger partial charge in [-0.05, 0) is 43.5 Å². The Hall–Kier alpha value is -1.90. The maximum absolute atomic E-state index is 11.0. The number of hydrogen-bond donors (Lipinski definition) is 0. The van der Waals surface area contributed by atoms with Crippen LogP contribution >= 0.6 is 0 Å². The molecule has 0 N–H and O–H groups in total. The Morgan fingerprint density at radius 1 is 1.33 bits per heavy atom. The van der Waals surface area contributed by atoms with Gasteiger partial charge in [0.1, 0.15) is 11.5 Å². The summed E-state index contributed by atoms with van der Waals surface area (Å²) in [5.74, 6) is 1.08. The zero-order valence-electron chi connectivity index (χ0n) is 10.8. The van der Waals surface area contributed by atoms with E-state index in [4.69, 9.17) is 4.74 Å². The normalized spacial score (nSPS) is 10.6. The van der Waals surface area contributed by atoms with E-state index in [1.807, 2.05) is 24.3 Å². The van der Waals surface area contributed by atoms with Crippen LogP contribution in [0.4, 0.5) is 0 Å². The van der Waals surface area contributed by atoms with Crippen LogP contribution in [0.3, 0.4) is 0 Å². The first-order chi connectivity index (χ1) is 8.72. The lowest BCUT2D eigenvalue weighted by Crippen LogP contribution is -1.95. The van der Waals surface area contributed by atoms with Crippen LogP contribution in [0.25, 0.3) is 10.9 Å². The Morgan fingerprint density at radius 3 is 2.89 bits per heavy atom. The highest BCUT2D eigenvalue weighted by molar-refractivity contribution is 5.87. The van der Waals surface area contributed by atoms with Gasteiger partial charge in [0.15, 0.2) is 0 Å². The molecule has 2 rings (SSSR count). The van der Waals surface area contributed by atoms with Crippen molar-refractivity contribution in [2.45, 2.75) is 26.2 Å². The lowest BCUT2D eigenvalue weighted by Gasteiger charge is -2.09. The zero-order valence-corrected chi connectivity index (χ0v) is 10.8. The van der Waals surface area contributed by atoms with Crippen LogP contribution in [-0.4, -0.2) is 17.9 Å². The minimum Gasteiger partial charge on any atom is -0.496 e. The summed E-state index contributed by atoms with van der Waals surface area (Å²) >= 11 is 0. The average molecular weight is 243 g/mol. The molecule has 0 aliphatic carbocycles. The van der Waals surface area contributed by atoms with Crippen LogP contribution in [0.5, 0.6) is 5.75 Å². The Bertz CT molecular complexity index is 563. The fourth-order valence-corrected chi connectivity index (χ4v) is 2.11. The number of Topliss-reactive ketones (excluding diaryl/α,β-unsaturated/α-hetero) is 1. The van der Waals surface area contributed by atoms with Gasteiger partial charge >= 0.3 is 0 Å². The second-order valence-corrected chi connectivity index (χ2v) is 4.38. The molecule has 0 atom stereocenters. The molecule has 1 aromatic carbocycles. The Balaban J connectivity index is 2.31. The van der Waals surface area contributed by atoms with Gasteiger partial charge in [-0.3, -0.25) is 4.98 Å². The van der Waals surface area contributed by atoms with Crippen molar-refractivity contribution in [3.63, 3.8) is 0 Å². The number of benzene rings is 1. The molecule has 0 aliphatic heterocycles. The van der Waals surface area contributed by atoms with Crippen molar-refractivity contribution < 1.29 is 9.53 Å². The highest BCUT2D eigenvalue weighted by Gasteiger charge is 2.07. The number of rotatable bonds is 5. The highest BCUT2D eigenvalue weighted by atomic mass is 16.5. The first-order valence-corrected chi connectivity index (χ1v) is 6.12. The van der Waals surface area contributed by atoms with Gasteiger partial charge in [0.05, 0.1) is 12.6 Å². The summed E-state index contributed by atoms with van der Waals surface area (Å²) in [6.07, 6.45) is 4.15. The topological polar surface area (TPSA) is 39.2 Å². The molecule has 0 saturated carbocycles. The highest BCUT2D eigenvalue weighted by Crippen LogP contribution is 2.27. The van der Waals surface area contributed by atoms with Gasteiger partial charge in [0.25, 0.3) is 0 Å². The first-order valence-electron chi connectivity index (χ1n) is 6.12. The molecular weight excluding hydrogens is 226 g/mol. The number of nitrogens with zero attached hydrogens (tertiary/aromatic N) is 1. The van der Waals surface area contributed by atoms with Crippen molar-refractivity contribution in [1.82, 2.24) is 4.98 Å². The SMILES string of the molecule is COc1ccc(CCCC(C)=O)c2ncccc12. The van der Waals surface area contributed by atoms with Crippen molar-refractivity contribution in [2.75, 3.05) is 7.11 Å². The number of fused-ring (bicyclic) bond motifs is 1. The molecule has 0 bridgehead atoms. The second kappa shape index (κ2) is 5.63. The third kappa shape index (κ3) is 2.67. The first kappa shape index (κ1) is 12.6. The molecule has 0 fully saturated rings. The summed E-state index contributed by atoms with van der Waals surface area (Å²) in [4.78, 5) is 15.4. The van der Waals surface area contributed by atoms with Gasteiger partial charge in [-0.1, -0.05) is 6.07 Å². The molecule has 2 aromatic rings. The molecule has 0 aliphatic rings.